The second-order valence-electron chi connectivity index (χ2n) is 9.96. The number of methoxy groups -OCH3 is 1. The lowest BCUT2D eigenvalue weighted by atomic mass is 9.93. The minimum atomic E-state index is -1.10. The van der Waals surface area contributed by atoms with Gasteiger partial charge >= 0.3 is 5.97 Å². The number of halogens is 1. The highest BCUT2D eigenvalue weighted by atomic mass is 79.9. The number of hydrogen-bond donors (Lipinski definition) is 3. The third kappa shape index (κ3) is 8.67. The highest BCUT2D eigenvalue weighted by Gasteiger charge is 2.50. The number of ether oxygens (including phenoxy) is 4. The normalized spacial score (nSPS) is 29.0. The minimum Gasteiger partial charge on any atom is -0.458 e. The predicted octanol–water partition coefficient (Wildman–Crippen LogP) is 3.07. The van der Waals surface area contributed by atoms with E-state index in [0.29, 0.717) is 29.3 Å². The molecule has 2 saturated heterocycles. The van der Waals surface area contributed by atoms with Crippen LogP contribution in [0.25, 0.3) is 0 Å². The summed E-state index contributed by atoms with van der Waals surface area (Å²) in [4.78, 5) is 25.4. The molecule has 3 rings (SSSR count). The van der Waals surface area contributed by atoms with Gasteiger partial charge in [-0.05, 0) is 48.7 Å². The fraction of sp³-hybridized carbons (Fsp3) is 0.643. The molecule has 3 unspecified atom stereocenters. The second kappa shape index (κ2) is 15.2. The van der Waals surface area contributed by atoms with Crippen LogP contribution in [0.15, 0.2) is 41.4 Å². The summed E-state index contributed by atoms with van der Waals surface area (Å²) in [5.41, 5.74) is 0.423. The number of carbonyl (C=O) groups excluding carboxylic acids is 2. The molecule has 2 aliphatic rings. The SMILES string of the molecule is C=C(Br)CC(CCC(=O)C[C@H]1O[C@@H](C(O)[C@@H]2CCCC(CCO)O2)[C@@H](OC)[C@H]1O)OC(=O)c1ccccc1. The zero-order valence-corrected chi connectivity index (χ0v) is 23.3. The van der Waals surface area contributed by atoms with Crippen molar-refractivity contribution in [2.45, 2.75) is 100 Å². The Morgan fingerprint density at radius 1 is 1.21 bits per heavy atom. The highest BCUT2D eigenvalue weighted by molar-refractivity contribution is 9.11. The third-order valence-electron chi connectivity index (χ3n) is 7.10. The Morgan fingerprint density at radius 2 is 1.95 bits per heavy atom. The van der Waals surface area contributed by atoms with Crippen molar-refractivity contribution in [3.8, 4) is 0 Å². The molecule has 0 saturated carbocycles. The Morgan fingerprint density at radius 3 is 2.61 bits per heavy atom. The van der Waals surface area contributed by atoms with E-state index in [9.17, 15) is 24.9 Å². The summed E-state index contributed by atoms with van der Waals surface area (Å²) in [5, 5.41) is 31.1. The first-order valence-corrected chi connectivity index (χ1v) is 13.9. The van der Waals surface area contributed by atoms with Gasteiger partial charge in [0.25, 0.3) is 0 Å². The van der Waals surface area contributed by atoms with E-state index in [-0.39, 0.29) is 37.8 Å². The van der Waals surface area contributed by atoms with Crippen LogP contribution in [0.5, 0.6) is 0 Å². The first-order chi connectivity index (χ1) is 18.2. The molecule has 0 bridgehead atoms. The number of ketones is 1. The van der Waals surface area contributed by atoms with Crippen molar-refractivity contribution in [2.75, 3.05) is 13.7 Å². The minimum absolute atomic E-state index is 0.00702. The van der Waals surface area contributed by atoms with Gasteiger partial charge in [-0.1, -0.05) is 40.7 Å². The van der Waals surface area contributed by atoms with E-state index in [4.69, 9.17) is 18.9 Å². The summed E-state index contributed by atoms with van der Waals surface area (Å²) >= 11 is 3.30. The average Bonchev–Trinajstić information content (AvgIpc) is 3.22. The van der Waals surface area contributed by atoms with Crippen molar-refractivity contribution in [2.24, 2.45) is 0 Å². The highest BCUT2D eigenvalue weighted by Crippen LogP contribution is 2.33. The van der Waals surface area contributed by atoms with Gasteiger partial charge in [0.05, 0.1) is 23.9 Å². The molecular weight excluding hydrogens is 560 g/mol. The van der Waals surface area contributed by atoms with Crippen molar-refractivity contribution in [1.82, 2.24) is 0 Å². The fourth-order valence-corrected chi connectivity index (χ4v) is 5.48. The zero-order valence-electron chi connectivity index (χ0n) is 21.7. The van der Waals surface area contributed by atoms with Crippen LogP contribution >= 0.6 is 15.9 Å². The summed E-state index contributed by atoms with van der Waals surface area (Å²) < 4.78 is 23.6. The van der Waals surface area contributed by atoms with Crippen molar-refractivity contribution >= 4 is 27.7 Å². The quantitative estimate of drug-likeness (QED) is 0.276. The number of aliphatic hydroxyl groups is 3. The van der Waals surface area contributed by atoms with Crippen LogP contribution in [-0.4, -0.2) is 89.6 Å². The molecule has 212 valence electrons. The summed E-state index contributed by atoms with van der Waals surface area (Å²) in [7, 11) is 1.43. The fourth-order valence-electron chi connectivity index (χ4n) is 5.12. The van der Waals surface area contributed by atoms with E-state index >= 15 is 0 Å². The topological polar surface area (TPSA) is 132 Å². The molecule has 8 atom stereocenters. The standard InChI is InChI=1S/C28H39BrO9/c1-17(29)15-21(37-28(34)18-7-4-3-5-8-18)12-11-19(31)16-23-25(33)26(35-2)27(38-23)24(32)22-10-6-9-20(36-22)13-14-30/h3-5,7-8,20-27,30,32-33H,1,6,9-16H2,2H3/t20?,21?,22-,23+,24?,25-,26-,27-/m0/s1. The monoisotopic (exact) mass is 598 g/mol. The Bertz CT molecular complexity index is 909. The summed E-state index contributed by atoms with van der Waals surface area (Å²) in [5.74, 6) is -0.644. The Hall–Kier alpha value is -1.66. The van der Waals surface area contributed by atoms with Crippen LogP contribution in [0.2, 0.25) is 0 Å². The van der Waals surface area contributed by atoms with Crippen LogP contribution in [0, 0.1) is 0 Å². The number of esters is 1. The first-order valence-electron chi connectivity index (χ1n) is 13.1. The molecule has 1 aromatic rings. The van der Waals surface area contributed by atoms with Gasteiger partial charge in [0.1, 0.15) is 36.3 Å². The van der Waals surface area contributed by atoms with E-state index in [1.165, 1.54) is 7.11 Å². The predicted molar refractivity (Wildman–Crippen MR) is 143 cm³/mol. The van der Waals surface area contributed by atoms with E-state index in [1.54, 1.807) is 30.3 Å². The van der Waals surface area contributed by atoms with Gasteiger partial charge < -0.3 is 34.3 Å². The van der Waals surface area contributed by atoms with Crippen molar-refractivity contribution in [3.63, 3.8) is 0 Å². The second-order valence-corrected chi connectivity index (χ2v) is 11.1. The van der Waals surface area contributed by atoms with E-state index in [2.05, 4.69) is 22.5 Å². The molecule has 0 radical (unpaired) electrons. The van der Waals surface area contributed by atoms with Gasteiger partial charge in [0.15, 0.2) is 0 Å². The summed E-state index contributed by atoms with van der Waals surface area (Å²) in [6, 6.07) is 8.62. The van der Waals surface area contributed by atoms with Gasteiger partial charge in [-0.25, -0.2) is 4.79 Å². The lowest BCUT2D eigenvalue weighted by Gasteiger charge is -2.36. The van der Waals surface area contributed by atoms with E-state index < -0.39 is 48.7 Å². The molecule has 9 nitrogen and oxygen atoms in total. The number of benzene rings is 1. The number of aliphatic hydroxyl groups excluding tert-OH is 3. The van der Waals surface area contributed by atoms with Crippen LogP contribution < -0.4 is 0 Å². The maximum atomic E-state index is 12.9. The van der Waals surface area contributed by atoms with Gasteiger partial charge in [0, 0.05) is 33.0 Å². The van der Waals surface area contributed by atoms with Gasteiger partial charge in [-0.2, -0.15) is 0 Å². The van der Waals surface area contributed by atoms with E-state index in [0.717, 1.165) is 12.8 Å². The summed E-state index contributed by atoms with van der Waals surface area (Å²) in [6.45, 7) is 3.83. The molecular formula is C28H39BrO9. The van der Waals surface area contributed by atoms with Gasteiger partial charge in [0.2, 0.25) is 0 Å². The molecule has 2 fully saturated rings. The molecule has 2 aliphatic heterocycles. The van der Waals surface area contributed by atoms with Gasteiger partial charge in [-0.15, -0.1) is 0 Å². The van der Waals surface area contributed by atoms with Crippen LogP contribution in [0.4, 0.5) is 0 Å². The molecule has 0 aliphatic carbocycles. The maximum Gasteiger partial charge on any atom is 0.338 e. The maximum absolute atomic E-state index is 12.9. The Kier molecular flexibility index (Phi) is 12.4. The van der Waals surface area contributed by atoms with Crippen LogP contribution in [-0.2, 0) is 23.7 Å². The third-order valence-corrected chi connectivity index (χ3v) is 7.43. The largest absolute Gasteiger partial charge is 0.458 e. The molecule has 10 heteroatoms. The van der Waals surface area contributed by atoms with Crippen molar-refractivity contribution < 1.29 is 43.9 Å². The van der Waals surface area contributed by atoms with Gasteiger partial charge in [-0.3, -0.25) is 4.79 Å². The molecule has 38 heavy (non-hydrogen) atoms. The summed E-state index contributed by atoms with van der Waals surface area (Å²) in [6.07, 6.45) is -2.43. The van der Waals surface area contributed by atoms with Crippen LogP contribution in [0.3, 0.4) is 0 Å². The molecule has 1 aromatic carbocycles. The number of rotatable bonds is 14. The van der Waals surface area contributed by atoms with Crippen molar-refractivity contribution in [1.29, 1.82) is 0 Å². The van der Waals surface area contributed by atoms with E-state index in [1.807, 2.05) is 0 Å². The number of hydrogen-bond acceptors (Lipinski definition) is 9. The first kappa shape index (κ1) is 30.9. The number of Topliss-reactive ketones (excluding diaryl/α,β-unsaturated/α-hetero) is 1. The molecule has 2 heterocycles. The lowest BCUT2D eigenvalue weighted by Crippen LogP contribution is -2.48. The molecule has 3 N–H and O–H groups in total. The smallest absolute Gasteiger partial charge is 0.338 e. The zero-order chi connectivity index (χ0) is 27.7. The molecule has 0 aromatic heterocycles. The van der Waals surface area contributed by atoms with Crippen LogP contribution in [0.1, 0.15) is 61.7 Å². The molecule has 0 amide bonds. The van der Waals surface area contributed by atoms with Crippen molar-refractivity contribution in [3.05, 3.63) is 47.0 Å². The molecule has 0 spiro atoms. The lowest BCUT2D eigenvalue weighted by molar-refractivity contribution is -0.163. The average molecular weight is 600 g/mol. The number of carbonyl (C=O) groups is 2. The Balaban J connectivity index is 1.55. The Labute approximate surface area is 232 Å².